The minimum absolute atomic E-state index is 1.09. The van der Waals surface area contributed by atoms with Gasteiger partial charge < -0.3 is 4.57 Å². The molecule has 5 aromatic rings. The van der Waals surface area contributed by atoms with E-state index in [1.165, 1.54) is 33.4 Å². The Balaban J connectivity index is 1.77. The van der Waals surface area contributed by atoms with Crippen LogP contribution in [0.1, 0.15) is 22.3 Å². The Morgan fingerprint density at radius 2 is 0.903 bits per heavy atom. The summed E-state index contributed by atoms with van der Waals surface area (Å²) < 4.78 is 2.02. The zero-order valence-corrected chi connectivity index (χ0v) is 17.1. The lowest BCUT2D eigenvalue weighted by Crippen LogP contribution is -1.98. The molecule has 148 valence electrons. The Labute approximate surface area is 182 Å². The van der Waals surface area contributed by atoms with Gasteiger partial charge in [0.05, 0.1) is 6.33 Å². The normalized spacial score (nSPS) is 10.6. The molecule has 0 saturated carbocycles. The molecular formula is C29H22N2. The maximum atomic E-state index is 4.16. The molecule has 1 aromatic heterocycles. The first-order valence-electron chi connectivity index (χ1n) is 10.4. The first-order valence-corrected chi connectivity index (χ1v) is 10.4. The van der Waals surface area contributed by atoms with Gasteiger partial charge in [0.25, 0.3) is 0 Å². The van der Waals surface area contributed by atoms with E-state index in [4.69, 9.17) is 0 Å². The minimum Gasteiger partial charge on any atom is -0.306 e. The largest absolute Gasteiger partial charge is 0.306 e. The fraction of sp³-hybridized carbons (Fsp3) is 0. The number of rotatable bonds is 5. The standard InChI is InChI=1S/C29H22N2/c1-4-10-23(11-5-1)28(24-12-6-2-7-13-24)29(25-14-8-3-9-15-25)26-16-18-27(19-17-26)31-21-20-30-22-31/h1-22H. The van der Waals surface area contributed by atoms with Gasteiger partial charge in [0.1, 0.15) is 0 Å². The van der Waals surface area contributed by atoms with Gasteiger partial charge in [0, 0.05) is 18.1 Å². The predicted molar refractivity (Wildman–Crippen MR) is 128 cm³/mol. The van der Waals surface area contributed by atoms with E-state index < -0.39 is 0 Å². The van der Waals surface area contributed by atoms with Crippen molar-refractivity contribution in [3.05, 3.63) is 156 Å². The highest BCUT2D eigenvalue weighted by atomic mass is 15.0. The van der Waals surface area contributed by atoms with Gasteiger partial charge in [-0.25, -0.2) is 4.98 Å². The van der Waals surface area contributed by atoms with Crippen LogP contribution in [-0.4, -0.2) is 9.55 Å². The maximum Gasteiger partial charge on any atom is 0.0991 e. The second kappa shape index (κ2) is 8.68. The molecule has 0 fully saturated rings. The number of nitrogens with zero attached hydrogens (tertiary/aromatic N) is 2. The Kier molecular flexibility index (Phi) is 5.27. The molecule has 0 atom stereocenters. The van der Waals surface area contributed by atoms with Crippen LogP contribution < -0.4 is 0 Å². The van der Waals surface area contributed by atoms with E-state index in [9.17, 15) is 0 Å². The van der Waals surface area contributed by atoms with Crippen LogP contribution in [0.15, 0.2) is 134 Å². The molecule has 0 bridgehead atoms. The summed E-state index contributed by atoms with van der Waals surface area (Å²) in [5.74, 6) is 0. The third-order valence-electron chi connectivity index (χ3n) is 5.40. The van der Waals surface area contributed by atoms with Gasteiger partial charge in [-0.1, -0.05) is 103 Å². The molecule has 0 amide bonds. The monoisotopic (exact) mass is 398 g/mol. The van der Waals surface area contributed by atoms with Crippen molar-refractivity contribution in [2.45, 2.75) is 0 Å². The van der Waals surface area contributed by atoms with Gasteiger partial charge >= 0.3 is 0 Å². The number of hydrogen-bond donors (Lipinski definition) is 0. The lowest BCUT2D eigenvalue weighted by molar-refractivity contribution is 1.06. The van der Waals surface area contributed by atoms with Crippen molar-refractivity contribution in [3.8, 4) is 5.69 Å². The average Bonchev–Trinajstić information content (AvgIpc) is 3.39. The van der Waals surface area contributed by atoms with Crippen molar-refractivity contribution < 1.29 is 0 Å². The van der Waals surface area contributed by atoms with Crippen molar-refractivity contribution in [2.24, 2.45) is 0 Å². The lowest BCUT2D eigenvalue weighted by Gasteiger charge is -2.18. The molecule has 0 spiro atoms. The van der Waals surface area contributed by atoms with Crippen LogP contribution >= 0.6 is 0 Å². The highest BCUT2D eigenvalue weighted by Crippen LogP contribution is 2.36. The molecule has 0 radical (unpaired) electrons. The molecular weight excluding hydrogens is 376 g/mol. The van der Waals surface area contributed by atoms with E-state index in [1.54, 1.807) is 6.20 Å². The van der Waals surface area contributed by atoms with Crippen molar-refractivity contribution in [1.82, 2.24) is 9.55 Å². The van der Waals surface area contributed by atoms with Crippen LogP contribution in [0.2, 0.25) is 0 Å². The molecule has 5 rings (SSSR count). The smallest absolute Gasteiger partial charge is 0.0991 e. The fourth-order valence-corrected chi connectivity index (χ4v) is 3.94. The Morgan fingerprint density at radius 1 is 0.484 bits per heavy atom. The van der Waals surface area contributed by atoms with Crippen LogP contribution in [-0.2, 0) is 0 Å². The minimum atomic E-state index is 1.09. The third-order valence-corrected chi connectivity index (χ3v) is 5.40. The van der Waals surface area contributed by atoms with E-state index in [1.807, 2.05) is 17.1 Å². The molecule has 0 unspecified atom stereocenters. The molecule has 2 nitrogen and oxygen atoms in total. The summed E-state index contributed by atoms with van der Waals surface area (Å²) >= 11 is 0. The SMILES string of the molecule is c1ccc(C(=C(c2ccccc2)c2ccc(-n3ccnc3)cc2)c2ccccc2)cc1. The van der Waals surface area contributed by atoms with Crippen molar-refractivity contribution in [1.29, 1.82) is 0 Å². The zero-order valence-electron chi connectivity index (χ0n) is 17.1. The second-order valence-corrected chi connectivity index (χ2v) is 7.36. The summed E-state index contributed by atoms with van der Waals surface area (Å²) in [5.41, 5.74) is 8.31. The van der Waals surface area contributed by atoms with Crippen LogP contribution in [0.25, 0.3) is 16.8 Å². The first-order chi connectivity index (χ1) is 15.4. The average molecular weight is 399 g/mol. The summed E-state index contributed by atoms with van der Waals surface area (Å²) in [4.78, 5) is 4.16. The van der Waals surface area contributed by atoms with Gasteiger partial charge in [0.2, 0.25) is 0 Å². The molecule has 2 heteroatoms. The van der Waals surface area contributed by atoms with Crippen LogP contribution in [0, 0.1) is 0 Å². The maximum absolute atomic E-state index is 4.16. The molecule has 0 aliphatic carbocycles. The van der Waals surface area contributed by atoms with E-state index in [0.29, 0.717) is 0 Å². The molecule has 0 N–H and O–H groups in total. The summed E-state index contributed by atoms with van der Waals surface area (Å²) in [5, 5.41) is 0. The Hall–Kier alpha value is -4.17. The van der Waals surface area contributed by atoms with Gasteiger partial charge in [-0.15, -0.1) is 0 Å². The highest BCUT2D eigenvalue weighted by Gasteiger charge is 2.16. The number of aromatic nitrogens is 2. The van der Waals surface area contributed by atoms with Crippen molar-refractivity contribution >= 4 is 11.1 Å². The van der Waals surface area contributed by atoms with Gasteiger partial charge in [0.15, 0.2) is 0 Å². The molecule has 0 aliphatic rings. The van der Waals surface area contributed by atoms with E-state index in [0.717, 1.165) is 5.69 Å². The second-order valence-electron chi connectivity index (χ2n) is 7.36. The van der Waals surface area contributed by atoms with E-state index in [-0.39, 0.29) is 0 Å². The number of hydrogen-bond acceptors (Lipinski definition) is 1. The van der Waals surface area contributed by atoms with Gasteiger partial charge in [-0.2, -0.15) is 0 Å². The summed E-state index contributed by atoms with van der Waals surface area (Å²) in [6.45, 7) is 0. The number of imidazole rings is 1. The van der Waals surface area contributed by atoms with E-state index >= 15 is 0 Å². The molecule has 0 saturated heterocycles. The molecule has 0 aliphatic heterocycles. The number of benzene rings is 4. The molecule has 1 heterocycles. The highest BCUT2D eigenvalue weighted by molar-refractivity contribution is 6.04. The van der Waals surface area contributed by atoms with Crippen molar-refractivity contribution in [2.75, 3.05) is 0 Å². The predicted octanol–water partition coefficient (Wildman–Crippen LogP) is 6.88. The quantitative estimate of drug-likeness (QED) is 0.295. The fourth-order valence-electron chi connectivity index (χ4n) is 3.94. The summed E-state index contributed by atoms with van der Waals surface area (Å²) in [6.07, 6.45) is 5.58. The Morgan fingerprint density at radius 3 is 1.29 bits per heavy atom. The van der Waals surface area contributed by atoms with Crippen LogP contribution in [0.5, 0.6) is 0 Å². The van der Waals surface area contributed by atoms with E-state index in [2.05, 4.69) is 120 Å². The van der Waals surface area contributed by atoms with Crippen LogP contribution in [0.4, 0.5) is 0 Å². The summed E-state index contributed by atoms with van der Waals surface area (Å²) in [6, 6.07) is 40.6. The molecule has 31 heavy (non-hydrogen) atoms. The first kappa shape index (κ1) is 18.8. The molecule has 4 aromatic carbocycles. The van der Waals surface area contributed by atoms with Crippen LogP contribution in [0.3, 0.4) is 0 Å². The van der Waals surface area contributed by atoms with Crippen molar-refractivity contribution in [3.63, 3.8) is 0 Å². The Bertz CT molecular complexity index is 1230. The zero-order chi connectivity index (χ0) is 20.9. The topological polar surface area (TPSA) is 17.8 Å². The third kappa shape index (κ3) is 3.96. The van der Waals surface area contributed by atoms with Gasteiger partial charge in [-0.3, -0.25) is 0 Å². The summed E-state index contributed by atoms with van der Waals surface area (Å²) in [7, 11) is 0. The van der Waals surface area contributed by atoms with Gasteiger partial charge in [-0.05, 0) is 45.5 Å². The lowest BCUT2D eigenvalue weighted by atomic mass is 9.86.